The summed E-state index contributed by atoms with van der Waals surface area (Å²) < 4.78 is 29.8. The molecule has 0 spiro atoms. The zero-order chi connectivity index (χ0) is 21.3. The van der Waals surface area contributed by atoms with Gasteiger partial charge in [0.1, 0.15) is 23.7 Å². The topological polar surface area (TPSA) is 97.3 Å². The predicted molar refractivity (Wildman–Crippen MR) is 104 cm³/mol. The molecule has 2 amide bonds. The van der Waals surface area contributed by atoms with Crippen LogP contribution in [0.15, 0.2) is 29.8 Å². The zero-order valence-electron chi connectivity index (χ0n) is 16.0. The Labute approximate surface area is 168 Å². The number of carboxylic acids is 1. The molecule has 1 aromatic carbocycles. The van der Waals surface area contributed by atoms with Crippen molar-refractivity contribution in [3.8, 4) is 5.75 Å². The second-order valence-electron chi connectivity index (χ2n) is 5.77. The summed E-state index contributed by atoms with van der Waals surface area (Å²) in [7, 11) is 2.93. The Bertz CT molecular complexity index is 703. The third kappa shape index (κ3) is 7.02. The fourth-order valence-corrected chi connectivity index (χ4v) is 2.44. The van der Waals surface area contributed by atoms with E-state index in [1.54, 1.807) is 0 Å². The highest BCUT2D eigenvalue weighted by Gasteiger charge is 2.26. The summed E-state index contributed by atoms with van der Waals surface area (Å²) >= 11 is 4.11. The number of thiol groups is 1. The Morgan fingerprint density at radius 1 is 1.36 bits per heavy atom. The zero-order valence-corrected chi connectivity index (χ0v) is 16.9. The average molecular weight is 416 g/mol. The highest BCUT2D eigenvalue weighted by atomic mass is 32.1. The first-order valence-electron chi connectivity index (χ1n) is 8.33. The Balaban J connectivity index is 3.14. The first-order chi connectivity index (χ1) is 13.2. The molecule has 0 aliphatic carbocycles. The van der Waals surface area contributed by atoms with Crippen molar-refractivity contribution in [1.29, 1.82) is 0 Å². The van der Waals surface area contributed by atoms with Gasteiger partial charge in [0.25, 0.3) is 0 Å². The summed E-state index contributed by atoms with van der Waals surface area (Å²) in [4.78, 5) is 24.6. The van der Waals surface area contributed by atoms with Crippen LogP contribution in [0.1, 0.15) is 18.6 Å². The summed E-state index contributed by atoms with van der Waals surface area (Å²) in [5, 5.41) is 11.4. The van der Waals surface area contributed by atoms with Crippen LogP contribution < -0.4 is 10.1 Å². The van der Waals surface area contributed by atoms with Crippen LogP contribution >= 0.6 is 12.6 Å². The maximum Gasteiger partial charge on any atom is 0.325 e. The molecule has 0 aromatic heterocycles. The van der Waals surface area contributed by atoms with Crippen LogP contribution in [0.5, 0.6) is 5.75 Å². The maximum atomic E-state index is 13.8. The van der Waals surface area contributed by atoms with Gasteiger partial charge in [0.15, 0.2) is 0 Å². The van der Waals surface area contributed by atoms with Gasteiger partial charge in [-0.05, 0) is 25.1 Å². The van der Waals surface area contributed by atoms with E-state index < -0.39 is 30.0 Å². The van der Waals surface area contributed by atoms with Gasteiger partial charge in [-0.15, -0.1) is 12.6 Å². The lowest BCUT2D eigenvalue weighted by Gasteiger charge is -2.29. The molecule has 1 aromatic rings. The van der Waals surface area contributed by atoms with E-state index in [1.165, 1.54) is 39.3 Å². The van der Waals surface area contributed by atoms with Gasteiger partial charge in [-0.25, -0.2) is 9.18 Å². The van der Waals surface area contributed by atoms with Gasteiger partial charge in [0.05, 0.1) is 31.9 Å². The monoisotopic (exact) mass is 416 g/mol. The largest absolute Gasteiger partial charge is 0.496 e. The number of urea groups is 1. The molecule has 2 N–H and O–H groups in total. The van der Waals surface area contributed by atoms with E-state index in [2.05, 4.69) is 24.5 Å². The molecule has 0 bridgehead atoms. The van der Waals surface area contributed by atoms with Crippen molar-refractivity contribution in [2.24, 2.45) is 0 Å². The molecule has 156 valence electrons. The fourth-order valence-electron chi connectivity index (χ4n) is 2.27. The third-order valence-corrected chi connectivity index (χ3v) is 4.00. The van der Waals surface area contributed by atoms with Gasteiger partial charge < -0.3 is 24.6 Å². The number of rotatable bonds is 11. The minimum atomic E-state index is -1.20. The van der Waals surface area contributed by atoms with Gasteiger partial charge >= 0.3 is 12.0 Å². The molecule has 28 heavy (non-hydrogen) atoms. The van der Waals surface area contributed by atoms with Gasteiger partial charge in [0, 0.05) is 12.7 Å². The Hall–Kier alpha value is -2.30. The van der Waals surface area contributed by atoms with Gasteiger partial charge in [-0.2, -0.15) is 0 Å². The number of hydrogen-bond donors (Lipinski definition) is 3. The van der Waals surface area contributed by atoms with Crippen LogP contribution in [-0.2, 0) is 14.3 Å². The number of carbonyl (C=O) groups is 2. The molecule has 8 nitrogen and oxygen atoms in total. The summed E-state index contributed by atoms with van der Waals surface area (Å²) in [6.45, 7) is 5.29. The molecule has 1 rings (SSSR count). The number of halogens is 1. The molecule has 0 saturated carbocycles. The third-order valence-electron chi connectivity index (χ3n) is 3.76. The van der Waals surface area contributed by atoms with Crippen molar-refractivity contribution >= 4 is 24.6 Å². The number of aliphatic carboxylic acids is 1. The molecule has 2 atom stereocenters. The molecule has 0 aliphatic heterocycles. The number of nitrogens with zero attached hydrogens (tertiary/aromatic N) is 1. The summed E-state index contributed by atoms with van der Waals surface area (Å²) in [6.07, 6.45) is -0.810. The van der Waals surface area contributed by atoms with E-state index in [0.29, 0.717) is 11.3 Å². The van der Waals surface area contributed by atoms with Crippen molar-refractivity contribution in [3.63, 3.8) is 0 Å². The quantitative estimate of drug-likeness (QED) is 0.379. The van der Waals surface area contributed by atoms with E-state index in [0.717, 1.165) is 4.90 Å². The molecule has 0 radical (unpaired) electrons. The molecule has 10 heteroatoms. The second-order valence-corrected chi connectivity index (χ2v) is 6.29. The van der Waals surface area contributed by atoms with Crippen LogP contribution in [0.2, 0.25) is 0 Å². The minimum absolute atomic E-state index is 0.0609. The lowest BCUT2D eigenvalue weighted by Crippen LogP contribution is -2.47. The van der Waals surface area contributed by atoms with Crippen LogP contribution in [0, 0.1) is 5.82 Å². The van der Waals surface area contributed by atoms with E-state index in [-0.39, 0.29) is 24.8 Å². The average Bonchev–Trinajstić information content (AvgIpc) is 2.63. The summed E-state index contributed by atoms with van der Waals surface area (Å²) in [5.74, 6) is -1.33. The number of methoxy groups -OCH3 is 2. The molecular weight excluding hydrogens is 391 g/mol. The molecule has 0 heterocycles. The lowest BCUT2D eigenvalue weighted by atomic mass is 10.1. The van der Waals surface area contributed by atoms with Crippen molar-refractivity contribution in [2.75, 3.05) is 34.0 Å². The van der Waals surface area contributed by atoms with Crippen molar-refractivity contribution in [2.45, 2.75) is 19.1 Å². The molecular formula is C18H25FN2O6S. The van der Waals surface area contributed by atoms with Gasteiger partial charge in [-0.1, -0.05) is 6.58 Å². The highest BCUT2D eigenvalue weighted by molar-refractivity contribution is 7.84. The van der Waals surface area contributed by atoms with Crippen molar-refractivity contribution in [3.05, 3.63) is 41.2 Å². The van der Waals surface area contributed by atoms with Crippen LogP contribution in [-0.4, -0.2) is 62.0 Å². The van der Waals surface area contributed by atoms with Gasteiger partial charge in [-0.3, -0.25) is 9.69 Å². The summed E-state index contributed by atoms with van der Waals surface area (Å²) in [6, 6.07) is 2.08. The van der Waals surface area contributed by atoms with Crippen molar-refractivity contribution in [1.82, 2.24) is 10.2 Å². The number of amides is 2. The van der Waals surface area contributed by atoms with E-state index in [9.17, 15) is 14.0 Å². The minimum Gasteiger partial charge on any atom is -0.496 e. The Morgan fingerprint density at radius 2 is 2.04 bits per heavy atom. The number of carbonyl (C=O) groups excluding carboxylic acids is 1. The molecule has 1 unspecified atom stereocenters. The fraction of sp³-hybridized carbons (Fsp3) is 0.444. The molecule has 0 saturated heterocycles. The lowest BCUT2D eigenvalue weighted by molar-refractivity contribution is -0.138. The second kappa shape index (κ2) is 11.5. The number of carboxylic acid groups (broad SMARTS) is 1. The van der Waals surface area contributed by atoms with Crippen molar-refractivity contribution < 1.29 is 33.3 Å². The summed E-state index contributed by atoms with van der Waals surface area (Å²) in [5.41, 5.74) is 0.372. The maximum absolute atomic E-state index is 13.8. The first kappa shape index (κ1) is 23.7. The van der Waals surface area contributed by atoms with Crippen LogP contribution in [0.25, 0.3) is 0 Å². The van der Waals surface area contributed by atoms with E-state index in [1.807, 2.05) is 0 Å². The number of nitrogens with one attached hydrogen (secondary N) is 1. The number of benzene rings is 1. The van der Waals surface area contributed by atoms with Crippen LogP contribution in [0.3, 0.4) is 0 Å². The highest BCUT2D eigenvalue weighted by Crippen LogP contribution is 2.30. The molecule has 0 fully saturated rings. The first-order valence-corrected chi connectivity index (χ1v) is 8.78. The number of ether oxygens (including phenoxy) is 3. The Kier molecular flexibility index (Phi) is 9.77. The van der Waals surface area contributed by atoms with E-state index in [4.69, 9.17) is 19.3 Å². The SMILES string of the molecule is C=C(S)N(C[C@H](OCCOC)c1cc(F)ccc1OC)C(=O)NC(C)C(=O)O. The van der Waals surface area contributed by atoms with Crippen LogP contribution in [0.4, 0.5) is 9.18 Å². The molecule has 0 aliphatic rings. The predicted octanol–water partition coefficient (Wildman–Crippen LogP) is 2.42. The smallest absolute Gasteiger partial charge is 0.325 e. The Morgan fingerprint density at radius 3 is 2.57 bits per heavy atom. The van der Waals surface area contributed by atoms with Gasteiger partial charge in [0.2, 0.25) is 0 Å². The van der Waals surface area contributed by atoms with E-state index >= 15 is 0 Å². The number of hydrogen-bond acceptors (Lipinski definition) is 6. The normalized spacial score (nSPS) is 12.8. The standard InChI is InChI=1S/C18H25FN2O6S/c1-11(17(22)23)20-18(24)21(12(2)28)10-16(27-8-7-25-3)14-9-13(19)5-6-15(14)26-4/h5-6,9,11,16,28H,2,7-8,10H2,1,3-4H3,(H,20,24)(H,22,23)/t11?,16-/m0/s1.